The highest BCUT2D eigenvalue weighted by Crippen LogP contribution is 2.19. The summed E-state index contributed by atoms with van der Waals surface area (Å²) in [7, 11) is 1.60. The van der Waals surface area contributed by atoms with Gasteiger partial charge in [-0.25, -0.2) is 0 Å². The van der Waals surface area contributed by atoms with Crippen LogP contribution in [-0.2, 0) is 4.79 Å². The predicted molar refractivity (Wildman–Crippen MR) is 64.6 cm³/mol. The number of benzene rings is 1. The van der Waals surface area contributed by atoms with E-state index in [-0.39, 0.29) is 12.0 Å². The molecule has 1 amide bonds. The first kappa shape index (κ1) is 11.7. The molecule has 1 N–H and O–H groups in total. The molecular formula is C13H15NO3. The fourth-order valence-electron chi connectivity index (χ4n) is 1.71. The summed E-state index contributed by atoms with van der Waals surface area (Å²) in [4.78, 5) is 13.2. The molecule has 0 atom stereocenters. The summed E-state index contributed by atoms with van der Waals surface area (Å²) in [6, 6.07) is 7.49. The van der Waals surface area contributed by atoms with Gasteiger partial charge in [0, 0.05) is 24.7 Å². The molecule has 1 saturated heterocycles. The van der Waals surface area contributed by atoms with Gasteiger partial charge in [-0.05, 0) is 12.1 Å². The molecule has 0 radical (unpaired) electrons. The highest BCUT2D eigenvalue weighted by atomic mass is 16.5. The van der Waals surface area contributed by atoms with Crippen molar-refractivity contribution in [1.82, 2.24) is 4.90 Å². The lowest BCUT2D eigenvalue weighted by atomic mass is 10.1. The molecule has 4 nitrogen and oxygen atoms in total. The lowest BCUT2D eigenvalue weighted by Crippen LogP contribution is -2.52. The van der Waals surface area contributed by atoms with Crippen LogP contribution in [0.15, 0.2) is 30.3 Å². The minimum Gasteiger partial charge on any atom is -0.496 e. The lowest BCUT2D eigenvalue weighted by Gasteiger charge is -2.34. The van der Waals surface area contributed by atoms with Gasteiger partial charge in [-0.1, -0.05) is 18.2 Å². The van der Waals surface area contributed by atoms with Gasteiger partial charge >= 0.3 is 0 Å². The van der Waals surface area contributed by atoms with Crippen LogP contribution in [0, 0.1) is 0 Å². The zero-order valence-corrected chi connectivity index (χ0v) is 9.67. The van der Waals surface area contributed by atoms with Crippen LogP contribution in [0.4, 0.5) is 0 Å². The first-order valence-corrected chi connectivity index (χ1v) is 5.49. The Bertz CT molecular complexity index is 436. The third kappa shape index (κ3) is 2.65. The van der Waals surface area contributed by atoms with Gasteiger partial charge in [-0.3, -0.25) is 4.79 Å². The Kier molecular flexibility index (Phi) is 3.44. The van der Waals surface area contributed by atoms with Crippen molar-refractivity contribution in [3.05, 3.63) is 35.9 Å². The first-order chi connectivity index (χ1) is 8.20. The largest absolute Gasteiger partial charge is 0.496 e. The van der Waals surface area contributed by atoms with Crippen LogP contribution in [-0.4, -0.2) is 42.2 Å². The predicted octanol–water partition coefficient (Wildman–Crippen LogP) is 0.911. The number of nitrogens with zero attached hydrogens (tertiary/aromatic N) is 1. The molecule has 0 aromatic heterocycles. The van der Waals surface area contributed by atoms with E-state index in [9.17, 15) is 4.79 Å². The third-order valence-corrected chi connectivity index (χ3v) is 2.72. The Labute approximate surface area is 100 Å². The van der Waals surface area contributed by atoms with Crippen LogP contribution < -0.4 is 4.74 Å². The molecule has 1 fully saturated rings. The van der Waals surface area contributed by atoms with Gasteiger partial charge in [0.1, 0.15) is 5.75 Å². The number of carbonyl (C=O) groups excluding carboxylic acids is 1. The van der Waals surface area contributed by atoms with Crippen LogP contribution in [0.2, 0.25) is 0 Å². The van der Waals surface area contributed by atoms with E-state index in [1.165, 1.54) is 6.08 Å². The van der Waals surface area contributed by atoms with Gasteiger partial charge in [-0.15, -0.1) is 0 Å². The molecular weight excluding hydrogens is 218 g/mol. The summed E-state index contributed by atoms with van der Waals surface area (Å²) in [5.74, 6) is 0.654. The smallest absolute Gasteiger partial charge is 0.246 e. The molecule has 90 valence electrons. The van der Waals surface area contributed by atoms with Gasteiger partial charge in [0.05, 0.1) is 13.2 Å². The number of hydrogen-bond acceptors (Lipinski definition) is 3. The maximum Gasteiger partial charge on any atom is 0.246 e. The standard InChI is InChI=1S/C13H15NO3/c1-17-12-5-3-2-4-10(12)6-7-13(16)14-8-11(15)9-14/h2-7,11,15H,8-9H2,1H3. The fourth-order valence-corrected chi connectivity index (χ4v) is 1.71. The molecule has 1 aliphatic heterocycles. The molecule has 1 heterocycles. The van der Waals surface area contributed by atoms with E-state index < -0.39 is 0 Å². The van der Waals surface area contributed by atoms with E-state index >= 15 is 0 Å². The average molecular weight is 233 g/mol. The van der Waals surface area contributed by atoms with Crippen LogP contribution in [0.5, 0.6) is 5.75 Å². The minimum absolute atomic E-state index is 0.0822. The molecule has 0 bridgehead atoms. The van der Waals surface area contributed by atoms with Crippen LogP contribution >= 0.6 is 0 Å². The van der Waals surface area contributed by atoms with Gasteiger partial charge < -0.3 is 14.7 Å². The van der Waals surface area contributed by atoms with Crippen LogP contribution in [0.1, 0.15) is 5.56 Å². The summed E-state index contributed by atoms with van der Waals surface area (Å²) in [5, 5.41) is 9.10. The molecule has 0 spiro atoms. The number of β-amino-alcohol motifs (C(OH)–C–C–N with tert-alkyl or cyclic N) is 1. The Hall–Kier alpha value is -1.81. The van der Waals surface area contributed by atoms with Gasteiger partial charge in [0.25, 0.3) is 0 Å². The summed E-state index contributed by atoms with van der Waals surface area (Å²) >= 11 is 0. The molecule has 0 saturated carbocycles. The topological polar surface area (TPSA) is 49.8 Å². The van der Waals surface area contributed by atoms with Crippen LogP contribution in [0.3, 0.4) is 0 Å². The first-order valence-electron chi connectivity index (χ1n) is 5.49. The van der Waals surface area contributed by atoms with Crippen molar-refractivity contribution in [2.45, 2.75) is 6.10 Å². The molecule has 0 aliphatic carbocycles. The molecule has 1 aromatic rings. The number of ether oxygens (including phenoxy) is 1. The summed E-state index contributed by atoms with van der Waals surface area (Å²) in [6.07, 6.45) is 2.87. The van der Waals surface area contributed by atoms with Crippen molar-refractivity contribution in [2.24, 2.45) is 0 Å². The highest BCUT2D eigenvalue weighted by Gasteiger charge is 2.26. The van der Waals surface area contributed by atoms with E-state index in [2.05, 4.69) is 0 Å². The second-order valence-corrected chi connectivity index (χ2v) is 3.97. The number of hydrogen-bond donors (Lipinski definition) is 1. The van der Waals surface area contributed by atoms with Gasteiger partial charge in [0.15, 0.2) is 0 Å². The number of para-hydroxylation sites is 1. The quantitative estimate of drug-likeness (QED) is 0.789. The SMILES string of the molecule is COc1ccccc1C=CC(=O)N1CC(O)C1. The zero-order chi connectivity index (χ0) is 12.3. The maximum absolute atomic E-state index is 11.6. The number of aliphatic hydroxyl groups excluding tert-OH is 1. The minimum atomic E-state index is -0.362. The van der Waals surface area contributed by atoms with Gasteiger partial charge in [-0.2, -0.15) is 0 Å². The average Bonchev–Trinajstić information content (AvgIpc) is 2.32. The van der Waals surface area contributed by atoms with Crippen molar-refractivity contribution >= 4 is 12.0 Å². The van der Waals surface area contributed by atoms with Gasteiger partial charge in [0.2, 0.25) is 5.91 Å². The van der Waals surface area contributed by atoms with Crippen molar-refractivity contribution in [2.75, 3.05) is 20.2 Å². The third-order valence-electron chi connectivity index (χ3n) is 2.72. The fraction of sp³-hybridized carbons (Fsp3) is 0.308. The monoisotopic (exact) mass is 233 g/mol. The van der Waals surface area contributed by atoms with Crippen molar-refractivity contribution in [3.8, 4) is 5.75 Å². The summed E-state index contributed by atoms with van der Waals surface area (Å²) < 4.78 is 5.18. The Morgan fingerprint density at radius 2 is 2.18 bits per heavy atom. The second-order valence-electron chi connectivity index (χ2n) is 3.97. The van der Waals surface area contributed by atoms with Crippen molar-refractivity contribution < 1.29 is 14.6 Å². The summed E-state index contributed by atoms with van der Waals surface area (Å²) in [5.41, 5.74) is 0.865. The number of methoxy groups -OCH3 is 1. The number of rotatable bonds is 3. The van der Waals surface area contributed by atoms with Crippen molar-refractivity contribution in [3.63, 3.8) is 0 Å². The van der Waals surface area contributed by atoms with E-state index in [1.807, 2.05) is 24.3 Å². The Morgan fingerprint density at radius 3 is 2.82 bits per heavy atom. The maximum atomic E-state index is 11.6. The van der Waals surface area contributed by atoms with E-state index in [1.54, 1.807) is 18.1 Å². The number of amides is 1. The van der Waals surface area contributed by atoms with Crippen LogP contribution in [0.25, 0.3) is 6.08 Å². The normalized spacial score (nSPS) is 16.0. The van der Waals surface area contributed by atoms with E-state index in [0.29, 0.717) is 13.1 Å². The number of aliphatic hydroxyl groups is 1. The molecule has 0 unspecified atom stereocenters. The Morgan fingerprint density at radius 1 is 1.47 bits per heavy atom. The van der Waals surface area contributed by atoms with E-state index in [0.717, 1.165) is 11.3 Å². The number of likely N-dealkylation sites (tertiary alicyclic amines) is 1. The summed E-state index contributed by atoms with van der Waals surface area (Å²) in [6.45, 7) is 0.851. The molecule has 17 heavy (non-hydrogen) atoms. The Balaban J connectivity index is 2.02. The molecule has 1 aliphatic rings. The van der Waals surface area contributed by atoms with E-state index in [4.69, 9.17) is 9.84 Å². The second kappa shape index (κ2) is 5.01. The molecule has 2 rings (SSSR count). The molecule has 4 heteroatoms. The van der Waals surface area contributed by atoms with Crippen molar-refractivity contribution in [1.29, 1.82) is 0 Å². The molecule has 1 aromatic carbocycles. The lowest BCUT2D eigenvalue weighted by molar-refractivity contribution is -0.135. The number of carbonyl (C=O) groups is 1. The highest BCUT2D eigenvalue weighted by molar-refractivity contribution is 5.92. The zero-order valence-electron chi connectivity index (χ0n) is 9.67.